The maximum atomic E-state index is 10.2. The van der Waals surface area contributed by atoms with Crippen LogP contribution in [-0.4, -0.2) is 12.7 Å². The van der Waals surface area contributed by atoms with Crippen LogP contribution in [0.5, 0.6) is 0 Å². The summed E-state index contributed by atoms with van der Waals surface area (Å²) in [6, 6.07) is 0. The summed E-state index contributed by atoms with van der Waals surface area (Å²) < 4.78 is 30.7. The molecule has 0 aromatic rings. The molecule has 0 unspecified atom stereocenters. The van der Waals surface area contributed by atoms with E-state index in [1.165, 1.54) is 0 Å². The molecule has 0 fully saturated rings. The fourth-order valence-electron chi connectivity index (χ4n) is 0. The lowest BCUT2D eigenvalue weighted by atomic mass is 10.8. The zero-order chi connectivity index (χ0) is 7.21. The van der Waals surface area contributed by atoms with Crippen molar-refractivity contribution >= 4 is 0 Å². The topological polar surface area (TPSA) is 26.0 Å². The molecule has 0 bridgehead atoms. The Bertz CT molecular complexity index is 35.0. The SMILES string of the molecule is CCN.[CH2]C(F)(F)F. The molecular weight excluding hydrogens is 119 g/mol. The first kappa shape index (κ1) is 10.7. The Morgan fingerprint density at radius 1 is 1.50 bits per heavy atom. The van der Waals surface area contributed by atoms with Crippen molar-refractivity contribution in [3.05, 3.63) is 6.92 Å². The van der Waals surface area contributed by atoms with Gasteiger partial charge in [-0.05, 0) is 6.54 Å². The average molecular weight is 128 g/mol. The highest BCUT2D eigenvalue weighted by Crippen LogP contribution is 2.09. The lowest BCUT2D eigenvalue weighted by Crippen LogP contribution is -1.96. The summed E-state index contributed by atoms with van der Waals surface area (Å²) in [4.78, 5) is 0. The van der Waals surface area contributed by atoms with Crippen LogP contribution in [0.25, 0.3) is 0 Å². The third-order valence-electron chi connectivity index (χ3n) is 0. The molecule has 0 spiro atoms. The summed E-state index contributed by atoms with van der Waals surface area (Å²) in [5, 5.41) is 0. The third kappa shape index (κ3) is 2080. The zero-order valence-corrected chi connectivity index (χ0v) is 4.63. The van der Waals surface area contributed by atoms with E-state index < -0.39 is 6.18 Å². The number of hydrogen-bond donors (Lipinski definition) is 1. The summed E-state index contributed by atoms with van der Waals surface area (Å²) in [6.45, 7) is 4.42. The fourth-order valence-corrected chi connectivity index (χ4v) is 0. The molecule has 0 aliphatic heterocycles. The van der Waals surface area contributed by atoms with Crippen LogP contribution in [0.4, 0.5) is 13.2 Å². The van der Waals surface area contributed by atoms with Crippen LogP contribution in [0.1, 0.15) is 6.92 Å². The minimum absolute atomic E-state index is 0.750. The maximum Gasteiger partial charge on any atom is 0.389 e. The predicted octanol–water partition coefficient (Wildman–Crippen LogP) is 1.35. The van der Waals surface area contributed by atoms with Gasteiger partial charge in [-0.2, -0.15) is 13.2 Å². The summed E-state index contributed by atoms with van der Waals surface area (Å²) in [5.41, 5.74) is 4.85. The van der Waals surface area contributed by atoms with E-state index in [0.717, 1.165) is 6.54 Å². The molecule has 8 heavy (non-hydrogen) atoms. The van der Waals surface area contributed by atoms with Crippen LogP contribution in [-0.2, 0) is 0 Å². The highest BCUT2D eigenvalue weighted by Gasteiger charge is 2.16. The highest BCUT2D eigenvalue weighted by molar-refractivity contribution is 4.45. The largest absolute Gasteiger partial charge is 0.389 e. The molecule has 0 saturated carbocycles. The van der Waals surface area contributed by atoms with Crippen molar-refractivity contribution in [2.24, 2.45) is 5.73 Å². The van der Waals surface area contributed by atoms with Crippen molar-refractivity contribution in [1.29, 1.82) is 0 Å². The standard InChI is InChI=1S/C2H2F3.C2H7N/c1-2(3,4)5;1-2-3/h1H2;2-3H2,1H3. The van der Waals surface area contributed by atoms with Crippen molar-refractivity contribution in [3.63, 3.8) is 0 Å². The Morgan fingerprint density at radius 2 is 1.50 bits per heavy atom. The molecule has 0 aliphatic carbocycles. The Kier molecular flexibility index (Phi) is 6.54. The summed E-state index contributed by atoms with van der Waals surface area (Å²) in [5.74, 6) is 0. The number of alkyl halides is 3. The lowest BCUT2D eigenvalue weighted by Gasteiger charge is -1.88. The van der Waals surface area contributed by atoms with Gasteiger partial charge in [-0.25, -0.2) is 0 Å². The van der Waals surface area contributed by atoms with E-state index >= 15 is 0 Å². The van der Waals surface area contributed by atoms with Crippen molar-refractivity contribution in [2.75, 3.05) is 6.54 Å². The van der Waals surface area contributed by atoms with E-state index in [2.05, 4.69) is 0 Å². The van der Waals surface area contributed by atoms with Crippen molar-refractivity contribution in [2.45, 2.75) is 13.1 Å². The monoisotopic (exact) mass is 128 g/mol. The van der Waals surface area contributed by atoms with Gasteiger partial charge in [0.1, 0.15) is 0 Å². The molecule has 2 N–H and O–H groups in total. The van der Waals surface area contributed by atoms with Gasteiger partial charge >= 0.3 is 6.18 Å². The van der Waals surface area contributed by atoms with E-state index in [-0.39, 0.29) is 0 Å². The van der Waals surface area contributed by atoms with Gasteiger partial charge in [0.25, 0.3) is 0 Å². The second-order valence-corrected chi connectivity index (χ2v) is 1.02. The fraction of sp³-hybridized carbons (Fsp3) is 0.750. The molecule has 0 heterocycles. The molecule has 0 aromatic carbocycles. The highest BCUT2D eigenvalue weighted by atomic mass is 19.4. The van der Waals surface area contributed by atoms with Crippen LogP contribution in [0.2, 0.25) is 0 Å². The molecule has 1 radical (unpaired) electrons. The van der Waals surface area contributed by atoms with Crippen LogP contribution < -0.4 is 5.73 Å². The molecule has 51 valence electrons. The molecule has 1 nitrogen and oxygen atoms in total. The normalized spacial score (nSPS) is 9.75. The number of halogens is 3. The van der Waals surface area contributed by atoms with E-state index in [1.807, 2.05) is 6.92 Å². The second kappa shape index (κ2) is 4.90. The zero-order valence-electron chi connectivity index (χ0n) is 4.63. The summed E-state index contributed by atoms with van der Waals surface area (Å²) in [7, 11) is 0. The van der Waals surface area contributed by atoms with E-state index in [4.69, 9.17) is 5.73 Å². The van der Waals surface area contributed by atoms with Gasteiger partial charge in [0.05, 0.1) is 6.92 Å². The number of hydrogen-bond acceptors (Lipinski definition) is 1. The molecule has 0 aromatic heterocycles. The first-order chi connectivity index (χ1) is 3.41. The van der Waals surface area contributed by atoms with Crippen LogP contribution >= 0.6 is 0 Å². The molecule has 0 atom stereocenters. The molecule has 0 saturated heterocycles. The third-order valence-corrected chi connectivity index (χ3v) is 0. The molecule has 4 heteroatoms. The predicted molar refractivity (Wildman–Crippen MR) is 26.1 cm³/mol. The minimum Gasteiger partial charge on any atom is -0.331 e. The molecule has 0 amide bonds. The van der Waals surface area contributed by atoms with Gasteiger partial charge in [0.2, 0.25) is 0 Å². The molecule has 0 aliphatic rings. The van der Waals surface area contributed by atoms with E-state index in [1.54, 1.807) is 6.92 Å². The van der Waals surface area contributed by atoms with Gasteiger partial charge in [-0.15, -0.1) is 0 Å². The summed E-state index contributed by atoms with van der Waals surface area (Å²) in [6.07, 6.45) is -4.25. The van der Waals surface area contributed by atoms with Crippen LogP contribution in [0, 0.1) is 6.92 Å². The van der Waals surface area contributed by atoms with Gasteiger partial charge < -0.3 is 5.73 Å². The Hall–Kier alpha value is -0.250. The first-order valence-electron chi connectivity index (χ1n) is 2.04. The van der Waals surface area contributed by atoms with Gasteiger partial charge in [0.15, 0.2) is 0 Å². The van der Waals surface area contributed by atoms with Gasteiger partial charge in [0, 0.05) is 0 Å². The smallest absolute Gasteiger partial charge is 0.331 e. The van der Waals surface area contributed by atoms with E-state index in [9.17, 15) is 13.2 Å². The van der Waals surface area contributed by atoms with Gasteiger partial charge in [-0.1, -0.05) is 6.92 Å². The molecule has 0 rings (SSSR count). The summed E-state index contributed by atoms with van der Waals surface area (Å²) >= 11 is 0. The van der Waals surface area contributed by atoms with Crippen LogP contribution in [0.3, 0.4) is 0 Å². The van der Waals surface area contributed by atoms with Crippen LogP contribution in [0.15, 0.2) is 0 Å². The average Bonchev–Trinajstić information content (AvgIpc) is 1.27. The second-order valence-electron chi connectivity index (χ2n) is 1.02. The number of rotatable bonds is 0. The Morgan fingerprint density at radius 3 is 1.50 bits per heavy atom. The minimum atomic E-state index is -4.25. The lowest BCUT2D eigenvalue weighted by molar-refractivity contribution is -0.0829. The van der Waals surface area contributed by atoms with Crippen molar-refractivity contribution in [3.8, 4) is 0 Å². The van der Waals surface area contributed by atoms with E-state index in [0.29, 0.717) is 0 Å². The molecular formula is C4H9F3N. The Labute approximate surface area is 46.7 Å². The maximum absolute atomic E-state index is 10.2. The van der Waals surface area contributed by atoms with Crippen molar-refractivity contribution < 1.29 is 13.2 Å². The van der Waals surface area contributed by atoms with Crippen molar-refractivity contribution in [1.82, 2.24) is 0 Å². The van der Waals surface area contributed by atoms with Gasteiger partial charge in [-0.3, -0.25) is 0 Å². The first-order valence-corrected chi connectivity index (χ1v) is 2.04. The Balaban J connectivity index is 0. The number of nitrogens with two attached hydrogens (primary N) is 1. The quantitative estimate of drug-likeness (QED) is 0.523.